The van der Waals surface area contributed by atoms with Crippen molar-refractivity contribution >= 4 is 11.8 Å². The van der Waals surface area contributed by atoms with Gasteiger partial charge in [-0.2, -0.15) is 0 Å². The molecule has 0 aromatic rings. The van der Waals surface area contributed by atoms with Crippen LogP contribution in [0.25, 0.3) is 0 Å². The molecule has 0 aliphatic heterocycles. The van der Waals surface area contributed by atoms with Gasteiger partial charge >= 0.3 is 0 Å². The van der Waals surface area contributed by atoms with Gasteiger partial charge in [0.15, 0.2) is 0 Å². The van der Waals surface area contributed by atoms with Gasteiger partial charge in [0.1, 0.15) is 0 Å². The van der Waals surface area contributed by atoms with Crippen molar-refractivity contribution in [1.29, 1.82) is 0 Å². The van der Waals surface area contributed by atoms with Gasteiger partial charge in [0.2, 0.25) is 0 Å². The van der Waals surface area contributed by atoms with Crippen molar-refractivity contribution in [3.63, 3.8) is 0 Å². The Hall–Kier alpha value is -0.170. The molecule has 0 aromatic carbocycles. The van der Waals surface area contributed by atoms with Crippen molar-refractivity contribution in [1.82, 2.24) is 0 Å². The molecule has 0 bridgehead atoms. The van der Waals surface area contributed by atoms with Crippen LogP contribution in [0.3, 0.4) is 0 Å². The summed E-state index contributed by atoms with van der Waals surface area (Å²) < 4.78 is 0. The van der Waals surface area contributed by atoms with Gasteiger partial charge in [-0.3, -0.25) is 0 Å². The number of thioether (sulfide) groups is 1. The summed E-state index contributed by atoms with van der Waals surface area (Å²) in [5.74, 6) is 0.950. The molecule has 0 spiro atoms. The van der Waals surface area contributed by atoms with E-state index in [2.05, 4.69) is 37.8 Å². The van der Waals surface area contributed by atoms with Crippen LogP contribution in [0.4, 0.5) is 0 Å². The summed E-state index contributed by atoms with van der Waals surface area (Å²) in [7, 11) is 0. The fourth-order valence-corrected chi connectivity index (χ4v) is 4.15. The summed E-state index contributed by atoms with van der Waals surface area (Å²) in [6.45, 7) is 4.67. The summed E-state index contributed by atoms with van der Waals surface area (Å²) in [4.78, 5) is 1.54. The first-order chi connectivity index (χ1) is 7.24. The summed E-state index contributed by atoms with van der Waals surface area (Å²) in [5, 5.41) is 0.891. The second-order valence-corrected chi connectivity index (χ2v) is 6.52. The van der Waals surface area contributed by atoms with E-state index in [4.69, 9.17) is 0 Å². The highest BCUT2D eigenvalue weighted by molar-refractivity contribution is 8.03. The predicted molar refractivity (Wildman–Crippen MR) is 70.1 cm³/mol. The Labute approximate surface area is 98.2 Å². The number of hydrogen-bond acceptors (Lipinski definition) is 1. The van der Waals surface area contributed by atoms with E-state index in [1.54, 1.807) is 5.57 Å². The van der Waals surface area contributed by atoms with Crippen molar-refractivity contribution in [2.24, 2.45) is 5.92 Å². The van der Waals surface area contributed by atoms with Crippen LogP contribution in [0.1, 0.15) is 52.4 Å². The molecular weight excluding hydrogens is 200 g/mol. The van der Waals surface area contributed by atoms with Gasteiger partial charge in [0.05, 0.1) is 0 Å². The molecule has 1 saturated carbocycles. The smallest absolute Gasteiger partial charge is 0.00968 e. The van der Waals surface area contributed by atoms with Crippen molar-refractivity contribution < 1.29 is 0 Å². The normalized spacial score (nSPS) is 32.1. The third-order valence-corrected chi connectivity index (χ3v) is 4.78. The van der Waals surface area contributed by atoms with Gasteiger partial charge in [-0.15, -0.1) is 11.8 Å². The largest absolute Gasteiger partial charge is 0.123 e. The Balaban J connectivity index is 1.88. The molecular formula is C14H22S. The molecule has 1 fully saturated rings. The quantitative estimate of drug-likeness (QED) is 0.639. The highest BCUT2D eigenvalue weighted by atomic mass is 32.2. The molecule has 0 N–H and O–H groups in total. The van der Waals surface area contributed by atoms with Crippen molar-refractivity contribution in [3.05, 3.63) is 22.6 Å². The van der Waals surface area contributed by atoms with Gasteiger partial charge < -0.3 is 0 Å². The van der Waals surface area contributed by atoms with E-state index in [1.807, 2.05) is 0 Å². The lowest BCUT2D eigenvalue weighted by molar-refractivity contribution is 0.394. The van der Waals surface area contributed by atoms with Crippen LogP contribution in [0.2, 0.25) is 0 Å². The zero-order chi connectivity index (χ0) is 10.7. The molecule has 84 valence electrons. The van der Waals surface area contributed by atoms with Gasteiger partial charge in [0, 0.05) is 10.2 Å². The SMILES string of the molecule is CC1=CC(SC2CCCC(C)C2)=CCC1. The van der Waals surface area contributed by atoms with E-state index in [0.717, 1.165) is 11.2 Å². The number of hydrogen-bond donors (Lipinski definition) is 0. The summed E-state index contributed by atoms with van der Waals surface area (Å²) in [5.41, 5.74) is 1.56. The first-order valence-electron chi connectivity index (χ1n) is 6.28. The van der Waals surface area contributed by atoms with Gasteiger partial charge in [-0.1, -0.05) is 31.4 Å². The van der Waals surface area contributed by atoms with Crippen molar-refractivity contribution in [3.8, 4) is 0 Å². The molecule has 0 saturated heterocycles. The van der Waals surface area contributed by atoms with E-state index in [0.29, 0.717) is 0 Å². The highest BCUT2D eigenvalue weighted by Gasteiger charge is 2.20. The molecule has 2 unspecified atom stereocenters. The standard InChI is InChI=1S/C14H22S/c1-11-5-3-7-13(9-11)15-14-8-4-6-12(2)10-14/h7,9,12,14H,3-6,8,10H2,1-2H3. The lowest BCUT2D eigenvalue weighted by Gasteiger charge is -2.27. The molecule has 1 heteroatoms. The van der Waals surface area contributed by atoms with Crippen LogP contribution < -0.4 is 0 Å². The maximum absolute atomic E-state index is 2.43. The topological polar surface area (TPSA) is 0 Å². The monoisotopic (exact) mass is 222 g/mol. The molecule has 2 atom stereocenters. The minimum Gasteiger partial charge on any atom is -0.123 e. The minimum atomic E-state index is 0.891. The highest BCUT2D eigenvalue weighted by Crippen LogP contribution is 2.37. The summed E-state index contributed by atoms with van der Waals surface area (Å²) >= 11 is 2.13. The van der Waals surface area contributed by atoms with Crippen LogP contribution in [0.5, 0.6) is 0 Å². The molecule has 0 amide bonds. The second kappa shape index (κ2) is 5.25. The molecule has 2 aliphatic carbocycles. The Morgan fingerprint density at radius 3 is 2.93 bits per heavy atom. The maximum atomic E-state index is 2.43. The molecule has 0 nitrogen and oxygen atoms in total. The molecule has 0 aromatic heterocycles. The Morgan fingerprint density at radius 2 is 2.20 bits per heavy atom. The maximum Gasteiger partial charge on any atom is 0.00968 e. The van der Waals surface area contributed by atoms with Crippen LogP contribution in [-0.4, -0.2) is 5.25 Å². The van der Waals surface area contributed by atoms with Crippen LogP contribution in [0, 0.1) is 5.92 Å². The second-order valence-electron chi connectivity index (χ2n) is 5.15. The summed E-state index contributed by atoms with van der Waals surface area (Å²) in [6.07, 6.45) is 13.1. The number of allylic oxidation sites excluding steroid dienone is 3. The fraction of sp³-hybridized carbons (Fsp3) is 0.714. The fourth-order valence-electron chi connectivity index (χ4n) is 2.58. The lowest BCUT2D eigenvalue weighted by atomic mass is 9.91. The zero-order valence-electron chi connectivity index (χ0n) is 9.96. The Morgan fingerprint density at radius 1 is 1.33 bits per heavy atom. The van der Waals surface area contributed by atoms with Gasteiger partial charge in [0.25, 0.3) is 0 Å². The van der Waals surface area contributed by atoms with Crippen molar-refractivity contribution in [2.45, 2.75) is 57.6 Å². The van der Waals surface area contributed by atoms with Crippen LogP contribution >= 0.6 is 11.8 Å². The zero-order valence-corrected chi connectivity index (χ0v) is 10.8. The van der Waals surface area contributed by atoms with E-state index in [1.165, 1.54) is 43.4 Å². The average Bonchev–Trinajstić information content (AvgIpc) is 2.17. The number of rotatable bonds is 2. The third-order valence-electron chi connectivity index (χ3n) is 3.46. The Bertz CT molecular complexity index is 275. The van der Waals surface area contributed by atoms with Crippen LogP contribution in [0.15, 0.2) is 22.6 Å². The van der Waals surface area contributed by atoms with Crippen molar-refractivity contribution in [2.75, 3.05) is 0 Å². The van der Waals surface area contributed by atoms with Crippen LogP contribution in [-0.2, 0) is 0 Å². The van der Waals surface area contributed by atoms with E-state index in [9.17, 15) is 0 Å². The molecule has 2 aliphatic rings. The molecule has 2 rings (SSSR count). The lowest BCUT2D eigenvalue weighted by Crippen LogP contribution is -2.15. The molecule has 0 radical (unpaired) electrons. The third kappa shape index (κ3) is 3.41. The van der Waals surface area contributed by atoms with Gasteiger partial charge in [-0.25, -0.2) is 0 Å². The van der Waals surface area contributed by atoms with Gasteiger partial charge in [-0.05, 0) is 44.6 Å². The summed E-state index contributed by atoms with van der Waals surface area (Å²) in [6, 6.07) is 0. The minimum absolute atomic E-state index is 0.891. The predicted octanol–water partition coefficient (Wildman–Crippen LogP) is 4.92. The van der Waals surface area contributed by atoms with E-state index in [-0.39, 0.29) is 0 Å². The Kier molecular flexibility index (Phi) is 3.96. The van der Waals surface area contributed by atoms with E-state index < -0.39 is 0 Å². The molecule has 0 heterocycles. The average molecular weight is 222 g/mol. The van der Waals surface area contributed by atoms with E-state index >= 15 is 0 Å². The first kappa shape index (κ1) is 11.3. The first-order valence-corrected chi connectivity index (χ1v) is 7.16. The molecule has 15 heavy (non-hydrogen) atoms.